The quantitative estimate of drug-likeness (QED) is 0.847. The summed E-state index contributed by atoms with van der Waals surface area (Å²) in [6, 6.07) is 1.98. The van der Waals surface area contributed by atoms with E-state index in [1.165, 1.54) is 0 Å². The average molecular weight is 332 g/mol. The van der Waals surface area contributed by atoms with E-state index in [2.05, 4.69) is 21.8 Å². The number of hydrogen-bond donors (Lipinski definition) is 0. The van der Waals surface area contributed by atoms with Gasteiger partial charge in [-0.1, -0.05) is 6.92 Å². The molecule has 1 aromatic rings. The second kappa shape index (κ2) is 7.47. The highest BCUT2D eigenvalue weighted by atomic mass is 16.5. The maximum Gasteiger partial charge on any atom is 0.228 e. The van der Waals surface area contributed by atoms with E-state index in [0.29, 0.717) is 0 Å². The molecule has 0 saturated carbocycles. The second-order valence-corrected chi connectivity index (χ2v) is 6.83. The van der Waals surface area contributed by atoms with E-state index in [4.69, 9.17) is 4.74 Å². The number of amides is 1. The normalized spacial score (nSPS) is 25.0. The Morgan fingerprint density at radius 2 is 1.88 bits per heavy atom. The van der Waals surface area contributed by atoms with Gasteiger partial charge in [-0.25, -0.2) is 9.97 Å². The highest BCUT2D eigenvalue weighted by molar-refractivity contribution is 5.79. The number of piperazine rings is 1. The van der Waals surface area contributed by atoms with Crippen LogP contribution in [-0.4, -0.2) is 59.7 Å². The van der Waals surface area contributed by atoms with Crippen LogP contribution in [0.5, 0.6) is 0 Å². The Morgan fingerprint density at radius 3 is 2.50 bits per heavy atom. The van der Waals surface area contributed by atoms with Gasteiger partial charge in [0.05, 0.1) is 12.0 Å². The molecule has 0 bridgehead atoms. The van der Waals surface area contributed by atoms with Crippen LogP contribution in [0, 0.1) is 19.8 Å². The van der Waals surface area contributed by atoms with E-state index < -0.39 is 0 Å². The van der Waals surface area contributed by atoms with Crippen molar-refractivity contribution in [2.75, 3.05) is 37.7 Å². The first kappa shape index (κ1) is 17.1. The van der Waals surface area contributed by atoms with Crippen LogP contribution in [0.4, 0.5) is 5.95 Å². The van der Waals surface area contributed by atoms with Crippen molar-refractivity contribution in [3.05, 3.63) is 17.5 Å². The van der Waals surface area contributed by atoms with Crippen molar-refractivity contribution in [1.29, 1.82) is 0 Å². The van der Waals surface area contributed by atoms with Crippen LogP contribution in [0.25, 0.3) is 0 Å². The summed E-state index contributed by atoms with van der Waals surface area (Å²) in [5.74, 6) is 1.09. The maximum atomic E-state index is 12.9. The topological polar surface area (TPSA) is 58.6 Å². The molecular formula is C18H28N4O2. The van der Waals surface area contributed by atoms with E-state index in [1.807, 2.05) is 24.8 Å². The predicted molar refractivity (Wildman–Crippen MR) is 93.1 cm³/mol. The second-order valence-electron chi connectivity index (χ2n) is 6.83. The molecule has 2 atom stereocenters. The summed E-state index contributed by atoms with van der Waals surface area (Å²) in [4.78, 5) is 26.1. The number of rotatable bonds is 3. The van der Waals surface area contributed by atoms with Crippen LogP contribution < -0.4 is 4.90 Å². The molecule has 0 aliphatic carbocycles. The highest BCUT2D eigenvalue weighted by Crippen LogP contribution is 2.26. The van der Waals surface area contributed by atoms with Gasteiger partial charge in [-0.15, -0.1) is 0 Å². The van der Waals surface area contributed by atoms with Crippen molar-refractivity contribution in [2.24, 2.45) is 5.92 Å². The van der Waals surface area contributed by atoms with Gasteiger partial charge in [0.15, 0.2) is 0 Å². The number of anilines is 1. The van der Waals surface area contributed by atoms with Gasteiger partial charge in [-0.2, -0.15) is 0 Å². The molecular weight excluding hydrogens is 304 g/mol. The molecule has 6 nitrogen and oxygen atoms in total. The fraction of sp³-hybridized carbons (Fsp3) is 0.722. The highest BCUT2D eigenvalue weighted by Gasteiger charge is 2.35. The molecule has 2 fully saturated rings. The minimum atomic E-state index is 0.0350. The van der Waals surface area contributed by atoms with Crippen molar-refractivity contribution in [3.63, 3.8) is 0 Å². The minimum Gasteiger partial charge on any atom is -0.377 e. The molecule has 3 rings (SSSR count). The van der Waals surface area contributed by atoms with E-state index in [1.54, 1.807) is 0 Å². The smallest absolute Gasteiger partial charge is 0.228 e. The van der Waals surface area contributed by atoms with Crippen LogP contribution in [0.2, 0.25) is 0 Å². The number of carbonyl (C=O) groups excluding carboxylic acids is 1. The molecule has 3 heterocycles. The first-order valence-corrected chi connectivity index (χ1v) is 9.06. The van der Waals surface area contributed by atoms with Crippen LogP contribution in [0.3, 0.4) is 0 Å². The lowest BCUT2D eigenvalue weighted by Crippen LogP contribution is -2.53. The Hall–Kier alpha value is -1.69. The largest absolute Gasteiger partial charge is 0.377 e. The van der Waals surface area contributed by atoms with Gasteiger partial charge in [0.2, 0.25) is 11.9 Å². The summed E-state index contributed by atoms with van der Waals surface area (Å²) in [7, 11) is 0. The van der Waals surface area contributed by atoms with Crippen LogP contribution in [-0.2, 0) is 9.53 Å². The van der Waals surface area contributed by atoms with Crippen molar-refractivity contribution in [3.8, 4) is 0 Å². The van der Waals surface area contributed by atoms with E-state index >= 15 is 0 Å². The summed E-state index contributed by atoms with van der Waals surface area (Å²) in [6.07, 6.45) is 2.94. The van der Waals surface area contributed by atoms with E-state index in [-0.39, 0.29) is 17.9 Å². The fourth-order valence-electron chi connectivity index (χ4n) is 3.73. The first-order valence-electron chi connectivity index (χ1n) is 9.06. The van der Waals surface area contributed by atoms with Crippen molar-refractivity contribution in [2.45, 2.75) is 46.1 Å². The Bertz CT molecular complexity index is 564. The van der Waals surface area contributed by atoms with Gasteiger partial charge < -0.3 is 14.5 Å². The first-order chi connectivity index (χ1) is 11.6. The molecule has 132 valence electrons. The molecule has 2 saturated heterocycles. The standard InChI is InChI=1S/C18H28N4O2/c1-4-16-15(6-5-11-24-16)17(23)21-7-9-22(10-8-21)18-19-13(2)12-14(3)20-18/h12,15-16H,4-11H2,1-3H3. The van der Waals surface area contributed by atoms with Crippen LogP contribution in [0.1, 0.15) is 37.6 Å². The monoisotopic (exact) mass is 332 g/mol. The lowest BCUT2D eigenvalue weighted by molar-refractivity contribution is -0.145. The van der Waals surface area contributed by atoms with E-state index in [0.717, 1.165) is 69.4 Å². The molecule has 0 aromatic carbocycles. The number of carbonyl (C=O) groups is 1. The summed E-state index contributed by atoms with van der Waals surface area (Å²) in [5, 5.41) is 0. The Balaban J connectivity index is 1.61. The summed E-state index contributed by atoms with van der Waals surface area (Å²) in [6.45, 7) is 9.94. The summed E-state index contributed by atoms with van der Waals surface area (Å²) >= 11 is 0. The number of aryl methyl sites for hydroxylation is 2. The number of hydrogen-bond acceptors (Lipinski definition) is 5. The number of nitrogens with zero attached hydrogens (tertiary/aromatic N) is 4. The van der Waals surface area contributed by atoms with Gasteiger partial charge in [0, 0.05) is 44.2 Å². The zero-order valence-electron chi connectivity index (χ0n) is 15.0. The molecule has 0 radical (unpaired) electrons. The number of ether oxygens (including phenoxy) is 1. The molecule has 2 aliphatic rings. The fourth-order valence-corrected chi connectivity index (χ4v) is 3.73. The predicted octanol–water partition coefficient (Wildman–Crippen LogP) is 1.95. The SMILES string of the molecule is CCC1OCCCC1C(=O)N1CCN(c2nc(C)cc(C)n2)CC1. The van der Waals surface area contributed by atoms with Gasteiger partial charge in [-0.3, -0.25) is 4.79 Å². The molecule has 24 heavy (non-hydrogen) atoms. The Morgan fingerprint density at radius 1 is 1.21 bits per heavy atom. The lowest BCUT2D eigenvalue weighted by atomic mass is 9.91. The van der Waals surface area contributed by atoms with Crippen molar-refractivity contribution < 1.29 is 9.53 Å². The van der Waals surface area contributed by atoms with Gasteiger partial charge in [0.25, 0.3) is 0 Å². The average Bonchev–Trinajstić information content (AvgIpc) is 2.60. The molecule has 2 aliphatic heterocycles. The van der Waals surface area contributed by atoms with Crippen molar-refractivity contribution >= 4 is 11.9 Å². The third kappa shape index (κ3) is 3.69. The molecule has 1 amide bonds. The lowest BCUT2D eigenvalue weighted by Gasteiger charge is -2.39. The molecule has 0 N–H and O–H groups in total. The van der Waals surface area contributed by atoms with E-state index in [9.17, 15) is 4.79 Å². The third-order valence-corrected chi connectivity index (χ3v) is 5.00. The third-order valence-electron chi connectivity index (χ3n) is 5.00. The Kier molecular flexibility index (Phi) is 5.33. The van der Waals surface area contributed by atoms with Crippen molar-refractivity contribution in [1.82, 2.24) is 14.9 Å². The Labute approximate surface area is 144 Å². The van der Waals surface area contributed by atoms with Gasteiger partial charge in [-0.05, 0) is 39.2 Å². The molecule has 2 unspecified atom stereocenters. The molecule has 1 aromatic heterocycles. The van der Waals surface area contributed by atoms with Gasteiger partial charge in [0.1, 0.15) is 0 Å². The van der Waals surface area contributed by atoms with Gasteiger partial charge >= 0.3 is 0 Å². The zero-order chi connectivity index (χ0) is 17.1. The molecule has 0 spiro atoms. The number of aromatic nitrogens is 2. The zero-order valence-corrected chi connectivity index (χ0v) is 15.0. The maximum absolute atomic E-state index is 12.9. The van der Waals surface area contributed by atoms with Crippen LogP contribution >= 0.6 is 0 Å². The van der Waals surface area contributed by atoms with Crippen LogP contribution in [0.15, 0.2) is 6.07 Å². The summed E-state index contributed by atoms with van der Waals surface area (Å²) < 4.78 is 5.79. The minimum absolute atomic E-state index is 0.0350. The molecule has 6 heteroatoms. The summed E-state index contributed by atoms with van der Waals surface area (Å²) in [5.41, 5.74) is 1.97.